The van der Waals surface area contributed by atoms with Crippen molar-refractivity contribution in [3.8, 4) is 0 Å². The summed E-state index contributed by atoms with van der Waals surface area (Å²) in [6.07, 6.45) is 0. The Hall–Kier alpha value is -1.94. The summed E-state index contributed by atoms with van der Waals surface area (Å²) in [7, 11) is 0. The van der Waals surface area contributed by atoms with Gasteiger partial charge < -0.3 is 5.32 Å². The van der Waals surface area contributed by atoms with Gasteiger partial charge in [0.25, 0.3) is 0 Å². The standard InChI is InChI=1S/C16H13F2NS/c1-10(19-14-7-6-12(17)9-13(14)18)16-8-11-4-2-3-5-15(11)20-16/h2-10,19H,1H3. The fourth-order valence-electron chi connectivity index (χ4n) is 2.13. The van der Waals surface area contributed by atoms with Crippen LogP contribution in [-0.4, -0.2) is 0 Å². The number of hydrogen-bond donors (Lipinski definition) is 1. The summed E-state index contributed by atoms with van der Waals surface area (Å²) in [6, 6.07) is 13.7. The number of anilines is 1. The van der Waals surface area contributed by atoms with E-state index >= 15 is 0 Å². The van der Waals surface area contributed by atoms with Crippen molar-refractivity contribution in [2.75, 3.05) is 5.32 Å². The van der Waals surface area contributed by atoms with Gasteiger partial charge in [-0.15, -0.1) is 11.3 Å². The number of halogens is 2. The van der Waals surface area contributed by atoms with Gasteiger partial charge in [0.05, 0.1) is 11.7 Å². The van der Waals surface area contributed by atoms with Gasteiger partial charge in [0.15, 0.2) is 0 Å². The lowest BCUT2D eigenvalue weighted by molar-refractivity contribution is 0.584. The first kappa shape index (κ1) is 13.1. The van der Waals surface area contributed by atoms with Crippen molar-refractivity contribution < 1.29 is 8.78 Å². The summed E-state index contributed by atoms with van der Waals surface area (Å²) >= 11 is 1.67. The van der Waals surface area contributed by atoms with Crippen molar-refractivity contribution in [3.63, 3.8) is 0 Å². The summed E-state index contributed by atoms with van der Waals surface area (Å²) in [6.45, 7) is 1.97. The van der Waals surface area contributed by atoms with Gasteiger partial charge in [-0.05, 0) is 36.6 Å². The second-order valence-electron chi connectivity index (χ2n) is 4.68. The predicted molar refractivity (Wildman–Crippen MR) is 80.2 cm³/mol. The minimum atomic E-state index is -0.571. The largest absolute Gasteiger partial charge is 0.375 e. The van der Waals surface area contributed by atoms with Crippen molar-refractivity contribution in [1.29, 1.82) is 0 Å². The number of hydrogen-bond acceptors (Lipinski definition) is 2. The Bertz CT molecular complexity index is 718. The molecule has 3 aromatic rings. The van der Waals surface area contributed by atoms with Gasteiger partial charge in [0.2, 0.25) is 0 Å². The first-order valence-corrected chi connectivity index (χ1v) is 7.15. The van der Waals surface area contributed by atoms with Crippen LogP contribution >= 0.6 is 11.3 Å². The molecule has 0 aliphatic rings. The second-order valence-corrected chi connectivity index (χ2v) is 5.79. The molecule has 0 saturated heterocycles. The molecule has 20 heavy (non-hydrogen) atoms. The van der Waals surface area contributed by atoms with Gasteiger partial charge >= 0.3 is 0 Å². The van der Waals surface area contributed by atoms with E-state index in [0.717, 1.165) is 10.9 Å². The smallest absolute Gasteiger partial charge is 0.149 e. The van der Waals surface area contributed by atoms with E-state index in [1.165, 1.54) is 22.2 Å². The van der Waals surface area contributed by atoms with Crippen LogP contribution in [0.15, 0.2) is 48.5 Å². The molecule has 0 radical (unpaired) electrons. The maximum Gasteiger partial charge on any atom is 0.149 e. The van der Waals surface area contributed by atoms with Crippen LogP contribution in [0, 0.1) is 11.6 Å². The molecule has 0 saturated carbocycles. The van der Waals surface area contributed by atoms with E-state index in [1.807, 2.05) is 19.1 Å². The Morgan fingerprint density at radius 3 is 2.60 bits per heavy atom. The highest BCUT2D eigenvalue weighted by atomic mass is 32.1. The maximum atomic E-state index is 13.6. The molecule has 2 aromatic carbocycles. The number of rotatable bonds is 3. The zero-order chi connectivity index (χ0) is 14.1. The van der Waals surface area contributed by atoms with Gasteiger partial charge in [-0.3, -0.25) is 0 Å². The van der Waals surface area contributed by atoms with E-state index in [-0.39, 0.29) is 6.04 Å². The molecule has 0 fully saturated rings. The molecular weight excluding hydrogens is 276 g/mol. The van der Waals surface area contributed by atoms with Crippen LogP contribution in [0.4, 0.5) is 14.5 Å². The van der Waals surface area contributed by atoms with Crippen molar-refractivity contribution in [2.24, 2.45) is 0 Å². The monoisotopic (exact) mass is 289 g/mol. The molecular formula is C16H13F2NS. The molecule has 0 spiro atoms. The predicted octanol–water partition coefficient (Wildman–Crippen LogP) is 5.35. The van der Waals surface area contributed by atoms with Crippen LogP contribution < -0.4 is 5.32 Å². The van der Waals surface area contributed by atoms with E-state index < -0.39 is 11.6 Å². The van der Waals surface area contributed by atoms with Crippen molar-refractivity contribution in [1.82, 2.24) is 0 Å². The molecule has 0 aliphatic heterocycles. The number of benzene rings is 2. The Kier molecular flexibility index (Phi) is 3.40. The first-order valence-electron chi connectivity index (χ1n) is 6.33. The number of thiophene rings is 1. The quantitative estimate of drug-likeness (QED) is 0.685. The highest BCUT2D eigenvalue weighted by Crippen LogP contribution is 2.31. The Balaban J connectivity index is 1.86. The van der Waals surface area contributed by atoms with E-state index in [1.54, 1.807) is 11.3 Å². The average molecular weight is 289 g/mol. The van der Waals surface area contributed by atoms with E-state index in [4.69, 9.17) is 0 Å². The molecule has 102 valence electrons. The molecule has 1 N–H and O–H groups in total. The van der Waals surface area contributed by atoms with Crippen LogP contribution in [0.1, 0.15) is 17.8 Å². The minimum absolute atomic E-state index is 0.0349. The Morgan fingerprint density at radius 1 is 1.05 bits per heavy atom. The highest BCUT2D eigenvalue weighted by Gasteiger charge is 2.12. The SMILES string of the molecule is CC(Nc1ccc(F)cc1F)c1cc2ccccc2s1. The zero-order valence-corrected chi connectivity index (χ0v) is 11.7. The van der Waals surface area contributed by atoms with Crippen molar-refractivity contribution in [2.45, 2.75) is 13.0 Å². The Labute approximate surface area is 119 Å². The molecule has 1 heterocycles. The highest BCUT2D eigenvalue weighted by molar-refractivity contribution is 7.19. The third-order valence-corrected chi connectivity index (χ3v) is 4.47. The third kappa shape index (κ3) is 2.51. The fourth-order valence-corrected chi connectivity index (χ4v) is 3.19. The number of fused-ring (bicyclic) bond motifs is 1. The Morgan fingerprint density at radius 2 is 1.85 bits per heavy atom. The lowest BCUT2D eigenvalue weighted by atomic mass is 10.2. The number of nitrogens with one attached hydrogen (secondary N) is 1. The maximum absolute atomic E-state index is 13.6. The van der Waals surface area contributed by atoms with Crippen LogP contribution in [0.5, 0.6) is 0 Å². The van der Waals surface area contributed by atoms with Gasteiger partial charge in [-0.25, -0.2) is 8.78 Å². The fraction of sp³-hybridized carbons (Fsp3) is 0.125. The summed E-state index contributed by atoms with van der Waals surface area (Å²) < 4.78 is 27.7. The lowest BCUT2D eigenvalue weighted by Gasteiger charge is -2.14. The van der Waals surface area contributed by atoms with E-state index in [9.17, 15) is 8.78 Å². The molecule has 1 aromatic heterocycles. The summed E-state index contributed by atoms with van der Waals surface area (Å²) in [5.74, 6) is -1.14. The molecule has 0 bridgehead atoms. The third-order valence-electron chi connectivity index (χ3n) is 3.17. The normalized spacial score (nSPS) is 12.6. The molecule has 4 heteroatoms. The average Bonchev–Trinajstić information content (AvgIpc) is 2.86. The van der Waals surface area contributed by atoms with Crippen LogP contribution in [0.3, 0.4) is 0 Å². The van der Waals surface area contributed by atoms with Crippen molar-refractivity contribution >= 4 is 27.1 Å². The molecule has 1 nitrogen and oxygen atoms in total. The second kappa shape index (κ2) is 5.21. The molecule has 0 amide bonds. The minimum Gasteiger partial charge on any atom is -0.375 e. The zero-order valence-electron chi connectivity index (χ0n) is 10.9. The van der Waals surface area contributed by atoms with Gasteiger partial charge in [-0.1, -0.05) is 18.2 Å². The van der Waals surface area contributed by atoms with Gasteiger partial charge in [0.1, 0.15) is 11.6 Å². The molecule has 3 rings (SSSR count). The summed E-state index contributed by atoms with van der Waals surface area (Å²) in [4.78, 5) is 1.12. The van der Waals surface area contributed by atoms with Crippen LogP contribution in [0.2, 0.25) is 0 Å². The van der Waals surface area contributed by atoms with Crippen LogP contribution in [0.25, 0.3) is 10.1 Å². The van der Waals surface area contributed by atoms with E-state index in [0.29, 0.717) is 5.69 Å². The molecule has 1 atom stereocenters. The van der Waals surface area contributed by atoms with Gasteiger partial charge in [0, 0.05) is 15.6 Å². The summed E-state index contributed by atoms with van der Waals surface area (Å²) in [5.41, 5.74) is 0.316. The van der Waals surface area contributed by atoms with Crippen molar-refractivity contribution in [3.05, 3.63) is 65.0 Å². The van der Waals surface area contributed by atoms with Gasteiger partial charge in [-0.2, -0.15) is 0 Å². The lowest BCUT2D eigenvalue weighted by Crippen LogP contribution is -2.06. The van der Waals surface area contributed by atoms with Crippen LogP contribution in [-0.2, 0) is 0 Å². The summed E-state index contributed by atoms with van der Waals surface area (Å²) in [5, 5.41) is 4.26. The first-order chi connectivity index (χ1) is 9.63. The topological polar surface area (TPSA) is 12.0 Å². The molecule has 0 aliphatic carbocycles. The van der Waals surface area contributed by atoms with E-state index in [2.05, 4.69) is 23.5 Å². The molecule has 1 unspecified atom stereocenters.